The van der Waals surface area contributed by atoms with Gasteiger partial charge in [-0.25, -0.2) is 5.84 Å². The van der Waals surface area contributed by atoms with E-state index in [0.717, 1.165) is 38.2 Å². The van der Waals surface area contributed by atoms with Crippen molar-refractivity contribution >= 4 is 5.91 Å². The molecule has 1 unspecified atom stereocenters. The Morgan fingerprint density at radius 1 is 1.53 bits per heavy atom. The number of rotatable bonds is 4. The van der Waals surface area contributed by atoms with Gasteiger partial charge < -0.3 is 4.74 Å². The normalized spacial score (nSPS) is 20.2. The number of ether oxygens (including phenoxy) is 1. The van der Waals surface area contributed by atoms with Crippen molar-refractivity contribution in [2.24, 2.45) is 5.84 Å². The summed E-state index contributed by atoms with van der Waals surface area (Å²) < 4.78 is 5.65. The van der Waals surface area contributed by atoms with E-state index in [1.165, 1.54) is 0 Å². The molecule has 0 radical (unpaired) electrons. The fraction of sp³-hybridized carbons (Fsp3) is 0.500. The van der Waals surface area contributed by atoms with Gasteiger partial charge in [-0.2, -0.15) is 0 Å². The number of nitrogens with one attached hydrogen (secondary N) is 1. The largest absolute Gasteiger partial charge is 0.376 e. The van der Waals surface area contributed by atoms with Gasteiger partial charge in [-0.05, 0) is 18.1 Å². The Bertz CT molecular complexity index is 436. The maximum Gasteiger partial charge on any atom is 0.265 e. The van der Waals surface area contributed by atoms with Crippen molar-refractivity contribution in [2.45, 2.75) is 26.0 Å². The number of nitrogen functional groups attached to an aromatic ring is 1. The number of carbonyl (C=O) groups excluding carboxylic acids is 1. The average molecular weight is 263 g/mol. The number of hydrogen-bond donors (Lipinski definition) is 2. The maximum atomic E-state index is 11.7. The molecule has 1 atom stereocenters. The van der Waals surface area contributed by atoms with Crippen LogP contribution in [-0.4, -0.2) is 36.6 Å². The number of carbonyl (C=O) groups is 1. The molecule has 1 saturated heterocycles. The molecular weight excluding hydrogens is 242 g/mol. The SMILES string of the molecule is CCC1CN(Cc2ccccc2C(=O)NN)CCO1. The van der Waals surface area contributed by atoms with Gasteiger partial charge in [-0.3, -0.25) is 15.1 Å². The van der Waals surface area contributed by atoms with Crippen LogP contribution in [0.5, 0.6) is 0 Å². The summed E-state index contributed by atoms with van der Waals surface area (Å²) in [7, 11) is 0. The van der Waals surface area contributed by atoms with Crippen LogP contribution >= 0.6 is 0 Å². The fourth-order valence-corrected chi connectivity index (χ4v) is 2.37. The third-order valence-corrected chi connectivity index (χ3v) is 3.47. The second-order valence-corrected chi connectivity index (χ2v) is 4.77. The minimum Gasteiger partial charge on any atom is -0.376 e. The van der Waals surface area contributed by atoms with Crippen molar-refractivity contribution in [1.29, 1.82) is 0 Å². The number of benzene rings is 1. The molecule has 1 aromatic carbocycles. The Labute approximate surface area is 113 Å². The van der Waals surface area contributed by atoms with Crippen LogP contribution in [0.15, 0.2) is 24.3 Å². The summed E-state index contributed by atoms with van der Waals surface area (Å²) >= 11 is 0. The van der Waals surface area contributed by atoms with Gasteiger partial charge in [-0.1, -0.05) is 25.1 Å². The lowest BCUT2D eigenvalue weighted by atomic mass is 10.1. The van der Waals surface area contributed by atoms with Crippen LogP contribution in [-0.2, 0) is 11.3 Å². The molecule has 19 heavy (non-hydrogen) atoms. The summed E-state index contributed by atoms with van der Waals surface area (Å²) in [6.07, 6.45) is 1.31. The zero-order chi connectivity index (χ0) is 13.7. The second kappa shape index (κ2) is 6.65. The number of hydrazine groups is 1. The van der Waals surface area contributed by atoms with Crippen LogP contribution in [0.3, 0.4) is 0 Å². The predicted molar refractivity (Wildman–Crippen MR) is 73.4 cm³/mol. The zero-order valence-electron chi connectivity index (χ0n) is 11.3. The summed E-state index contributed by atoms with van der Waals surface area (Å²) in [5.74, 6) is 4.98. The molecule has 1 aliphatic rings. The molecular formula is C14H21N3O2. The highest BCUT2D eigenvalue weighted by Gasteiger charge is 2.20. The first kappa shape index (κ1) is 14.0. The van der Waals surface area contributed by atoms with E-state index in [1.807, 2.05) is 18.2 Å². The maximum absolute atomic E-state index is 11.7. The van der Waals surface area contributed by atoms with E-state index in [4.69, 9.17) is 10.6 Å². The minimum atomic E-state index is -0.240. The summed E-state index contributed by atoms with van der Waals surface area (Å²) in [4.78, 5) is 14.0. The van der Waals surface area contributed by atoms with Crippen molar-refractivity contribution in [3.63, 3.8) is 0 Å². The molecule has 2 rings (SSSR count). The van der Waals surface area contributed by atoms with Crippen molar-refractivity contribution in [1.82, 2.24) is 10.3 Å². The predicted octanol–water partition coefficient (Wildman–Crippen LogP) is 0.901. The Balaban J connectivity index is 2.08. The van der Waals surface area contributed by atoms with Gasteiger partial charge in [0.1, 0.15) is 0 Å². The monoisotopic (exact) mass is 263 g/mol. The Morgan fingerprint density at radius 2 is 2.32 bits per heavy atom. The Kier molecular flexibility index (Phi) is 4.90. The number of nitrogens with two attached hydrogens (primary N) is 1. The average Bonchev–Trinajstić information content (AvgIpc) is 2.47. The lowest BCUT2D eigenvalue weighted by molar-refractivity contribution is -0.0325. The molecule has 0 aliphatic carbocycles. The topological polar surface area (TPSA) is 67.6 Å². The minimum absolute atomic E-state index is 0.240. The standard InChI is InChI=1S/C14H21N3O2/c1-2-12-10-17(7-8-19-12)9-11-5-3-4-6-13(11)14(18)16-15/h3-6,12H,2,7-10,15H2,1H3,(H,16,18). The van der Waals surface area contributed by atoms with Crippen LogP contribution in [0.25, 0.3) is 0 Å². The quantitative estimate of drug-likeness (QED) is 0.481. The van der Waals surface area contributed by atoms with Gasteiger partial charge in [0, 0.05) is 25.2 Å². The summed E-state index contributed by atoms with van der Waals surface area (Å²) in [5, 5.41) is 0. The van der Waals surface area contributed by atoms with Gasteiger partial charge >= 0.3 is 0 Å². The number of morpholine rings is 1. The number of amides is 1. The smallest absolute Gasteiger partial charge is 0.265 e. The number of hydrogen-bond acceptors (Lipinski definition) is 4. The van der Waals surface area contributed by atoms with E-state index in [2.05, 4.69) is 17.2 Å². The van der Waals surface area contributed by atoms with Crippen molar-refractivity contribution in [3.8, 4) is 0 Å². The van der Waals surface area contributed by atoms with Crippen molar-refractivity contribution < 1.29 is 9.53 Å². The molecule has 1 fully saturated rings. The third kappa shape index (κ3) is 3.53. The molecule has 0 spiro atoms. The molecule has 0 bridgehead atoms. The van der Waals surface area contributed by atoms with Crippen LogP contribution in [0.2, 0.25) is 0 Å². The first-order valence-corrected chi connectivity index (χ1v) is 6.67. The van der Waals surface area contributed by atoms with Crippen LogP contribution in [0.1, 0.15) is 29.3 Å². The molecule has 1 heterocycles. The van der Waals surface area contributed by atoms with Gasteiger partial charge in [0.05, 0.1) is 12.7 Å². The van der Waals surface area contributed by atoms with E-state index in [0.29, 0.717) is 11.7 Å². The Morgan fingerprint density at radius 3 is 3.05 bits per heavy atom. The van der Waals surface area contributed by atoms with Crippen LogP contribution in [0.4, 0.5) is 0 Å². The Hall–Kier alpha value is -1.43. The molecule has 0 aromatic heterocycles. The molecule has 104 valence electrons. The van der Waals surface area contributed by atoms with E-state index in [9.17, 15) is 4.79 Å². The third-order valence-electron chi connectivity index (χ3n) is 3.47. The van der Waals surface area contributed by atoms with Crippen molar-refractivity contribution in [3.05, 3.63) is 35.4 Å². The van der Waals surface area contributed by atoms with E-state index in [-0.39, 0.29) is 5.91 Å². The van der Waals surface area contributed by atoms with Gasteiger partial charge in [0.2, 0.25) is 0 Å². The highest BCUT2D eigenvalue weighted by atomic mass is 16.5. The molecule has 5 nitrogen and oxygen atoms in total. The molecule has 5 heteroatoms. The van der Waals surface area contributed by atoms with E-state index >= 15 is 0 Å². The highest BCUT2D eigenvalue weighted by molar-refractivity contribution is 5.95. The van der Waals surface area contributed by atoms with Gasteiger partial charge in [0.15, 0.2) is 0 Å². The first-order chi connectivity index (χ1) is 9.24. The number of nitrogens with zero attached hydrogens (tertiary/aromatic N) is 1. The lowest BCUT2D eigenvalue weighted by Gasteiger charge is -2.32. The molecule has 1 aliphatic heterocycles. The van der Waals surface area contributed by atoms with Gasteiger partial charge in [0.25, 0.3) is 5.91 Å². The van der Waals surface area contributed by atoms with E-state index in [1.54, 1.807) is 6.07 Å². The van der Waals surface area contributed by atoms with E-state index < -0.39 is 0 Å². The summed E-state index contributed by atoms with van der Waals surface area (Å²) in [6.45, 7) is 5.45. The highest BCUT2D eigenvalue weighted by Crippen LogP contribution is 2.15. The van der Waals surface area contributed by atoms with Crippen LogP contribution in [0, 0.1) is 0 Å². The molecule has 1 aromatic rings. The van der Waals surface area contributed by atoms with Gasteiger partial charge in [-0.15, -0.1) is 0 Å². The second-order valence-electron chi connectivity index (χ2n) is 4.77. The summed E-state index contributed by atoms with van der Waals surface area (Å²) in [6, 6.07) is 7.57. The lowest BCUT2D eigenvalue weighted by Crippen LogP contribution is -2.42. The molecule has 1 amide bonds. The van der Waals surface area contributed by atoms with Crippen molar-refractivity contribution in [2.75, 3.05) is 19.7 Å². The first-order valence-electron chi connectivity index (χ1n) is 6.67. The molecule has 0 saturated carbocycles. The zero-order valence-corrected chi connectivity index (χ0v) is 11.3. The van der Waals surface area contributed by atoms with Crippen LogP contribution < -0.4 is 11.3 Å². The summed E-state index contributed by atoms with van der Waals surface area (Å²) in [5.41, 5.74) is 3.84. The molecule has 3 N–H and O–H groups in total. The fourth-order valence-electron chi connectivity index (χ4n) is 2.37.